The van der Waals surface area contributed by atoms with E-state index in [0.29, 0.717) is 12.6 Å². The summed E-state index contributed by atoms with van der Waals surface area (Å²) in [6.07, 6.45) is 1.83. The number of pyridine rings is 1. The minimum Gasteiger partial charge on any atom is -0.457 e. The molecule has 0 radical (unpaired) electrons. The summed E-state index contributed by atoms with van der Waals surface area (Å²) in [5.74, 6) is 2.77. The Labute approximate surface area is 347 Å². The molecule has 6 aromatic rings. The predicted molar refractivity (Wildman–Crippen MR) is 246 cm³/mol. The van der Waals surface area contributed by atoms with E-state index in [9.17, 15) is 0 Å². The van der Waals surface area contributed by atoms with E-state index in [1.165, 1.54) is 28.2 Å². The molecule has 0 bridgehead atoms. The van der Waals surface area contributed by atoms with Crippen LogP contribution in [0, 0.1) is 10.8 Å². The number of para-hydroxylation sites is 1. The van der Waals surface area contributed by atoms with Crippen LogP contribution in [0.3, 0.4) is 0 Å². The second-order valence-electron chi connectivity index (χ2n) is 19.0. The number of nitrogens with zero attached hydrogens (tertiary/aromatic N) is 4. The molecule has 0 unspecified atom stereocenters. The van der Waals surface area contributed by atoms with E-state index >= 15 is 0 Å². The Morgan fingerprint density at radius 1 is 0.534 bits per heavy atom. The fourth-order valence-corrected chi connectivity index (χ4v) is 7.93. The molecule has 5 aromatic carbocycles. The molecule has 0 aliphatic carbocycles. The van der Waals surface area contributed by atoms with Crippen molar-refractivity contribution >= 4 is 28.6 Å². The van der Waals surface area contributed by atoms with Gasteiger partial charge in [0.05, 0.1) is 12.4 Å². The van der Waals surface area contributed by atoms with Crippen LogP contribution in [0.2, 0.25) is 0 Å². The molecule has 0 spiro atoms. The van der Waals surface area contributed by atoms with Crippen LogP contribution in [0.5, 0.6) is 11.5 Å². The van der Waals surface area contributed by atoms with Gasteiger partial charge in [0.25, 0.3) is 0 Å². The van der Waals surface area contributed by atoms with Crippen LogP contribution in [-0.2, 0) is 5.41 Å². The fourth-order valence-electron chi connectivity index (χ4n) is 7.93. The number of benzene rings is 5. The number of aromatic nitrogens is 1. The Bertz CT molecular complexity index is 2340. The second-order valence-corrected chi connectivity index (χ2v) is 19.0. The SMILES string of the molecule is CC(C)c1cc(N2CN(c3cc(Oc4cccc(N(c5ccccc5)c5ccccn5)c4)cc(-c4ccccc4)c3)C(C(C)(C)C)=C2C(C)(C)C)cc(C(C)(C)C)c1. The highest BCUT2D eigenvalue weighted by Gasteiger charge is 2.42. The third-order valence-electron chi connectivity index (χ3n) is 10.8. The van der Waals surface area contributed by atoms with E-state index in [1.54, 1.807) is 0 Å². The first-order valence-corrected chi connectivity index (χ1v) is 20.7. The fraction of sp³-hybridized carbons (Fsp3) is 0.302. The highest BCUT2D eigenvalue weighted by atomic mass is 16.5. The third-order valence-corrected chi connectivity index (χ3v) is 10.8. The van der Waals surface area contributed by atoms with Gasteiger partial charge in [0.2, 0.25) is 0 Å². The first-order chi connectivity index (χ1) is 27.5. The highest BCUT2D eigenvalue weighted by molar-refractivity contribution is 5.77. The minimum atomic E-state index is -0.162. The van der Waals surface area contributed by atoms with Crippen molar-refractivity contribution in [1.29, 1.82) is 0 Å². The average Bonchev–Trinajstić information content (AvgIpc) is 3.62. The molecular formula is C53H60N4O. The smallest absolute Gasteiger partial charge is 0.137 e. The minimum absolute atomic E-state index is 0.0147. The van der Waals surface area contributed by atoms with Crippen molar-refractivity contribution in [1.82, 2.24) is 4.98 Å². The normalized spacial score (nSPS) is 13.7. The van der Waals surface area contributed by atoms with Gasteiger partial charge in [0, 0.05) is 57.6 Å². The zero-order chi connectivity index (χ0) is 41.4. The molecule has 5 heteroatoms. The van der Waals surface area contributed by atoms with Crippen LogP contribution in [-0.4, -0.2) is 11.7 Å². The topological polar surface area (TPSA) is 31.8 Å². The van der Waals surface area contributed by atoms with Crippen molar-refractivity contribution in [3.8, 4) is 22.6 Å². The molecule has 0 saturated carbocycles. The lowest BCUT2D eigenvalue weighted by atomic mass is 9.81. The number of allylic oxidation sites excluding steroid dienone is 2. The zero-order valence-corrected chi connectivity index (χ0v) is 36.3. The molecule has 0 atom stereocenters. The lowest BCUT2D eigenvalue weighted by Gasteiger charge is -2.34. The molecule has 1 aromatic heterocycles. The Balaban J connectivity index is 1.36. The van der Waals surface area contributed by atoms with Crippen LogP contribution in [0.1, 0.15) is 93.2 Å². The molecule has 58 heavy (non-hydrogen) atoms. The van der Waals surface area contributed by atoms with Gasteiger partial charge in [-0.2, -0.15) is 0 Å². The molecule has 298 valence electrons. The van der Waals surface area contributed by atoms with E-state index in [0.717, 1.165) is 45.5 Å². The maximum absolute atomic E-state index is 6.92. The number of rotatable bonds is 9. The van der Waals surface area contributed by atoms with Crippen LogP contribution in [0.15, 0.2) is 157 Å². The summed E-state index contributed by atoms with van der Waals surface area (Å²) in [5.41, 5.74) is 11.7. The van der Waals surface area contributed by atoms with Crippen molar-refractivity contribution < 1.29 is 4.74 Å². The molecule has 1 aliphatic rings. The van der Waals surface area contributed by atoms with Gasteiger partial charge in [-0.1, -0.05) is 143 Å². The van der Waals surface area contributed by atoms with Gasteiger partial charge in [-0.3, -0.25) is 4.90 Å². The van der Waals surface area contributed by atoms with Gasteiger partial charge in [-0.15, -0.1) is 0 Å². The molecule has 1 aliphatic heterocycles. The van der Waals surface area contributed by atoms with Crippen molar-refractivity contribution in [2.45, 2.75) is 87.5 Å². The maximum atomic E-state index is 6.92. The van der Waals surface area contributed by atoms with Gasteiger partial charge >= 0.3 is 0 Å². The molecule has 2 heterocycles. The molecular weight excluding hydrogens is 709 g/mol. The summed E-state index contributed by atoms with van der Waals surface area (Å²) in [7, 11) is 0. The van der Waals surface area contributed by atoms with Gasteiger partial charge in [0.15, 0.2) is 0 Å². The maximum Gasteiger partial charge on any atom is 0.137 e. The summed E-state index contributed by atoms with van der Waals surface area (Å²) < 4.78 is 6.92. The predicted octanol–water partition coefficient (Wildman–Crippen LogP) is 15.0. The molecule has 0 fully saturated rings. The van der Waals surface area contributed by atoms with E-state index in [1.807, 2.05) is 36.5 Å². The summed E-state index contributed by atoms with van der Waals surface area (Å²) in [5, 5.41) is 0. The van der Waals surface area contributed by atoms with Crippen molar-refractivity contribution in [2.75, 3.05) is 21.4 Å². The number of hydrogen-bond donors (Lipinski definition) is 0. The number of anilines is 5. The van der Waals surface area contributed by atoms with Crippen molar-refractivity contribution in [2.24, 2.45) is 10.8 Å². The Morgan fingerprint density at radius 2 is 1.14 bits per heavy atom. The van der Waals surface area contributed by atoms with Gasteiger partial charge in [0.1, 0.15) is 17.3 Å². The largest absolute Gasteiger partial charge is 0.457 e. The number of ether oxygens (including phenoxy) is 1. The summed E-state index contributed by atoms with van der Waals surface area (Å²) in [4.78, 5) is 12.0. The summed E-state index contributed by atoms with van der Waals surface area (Å²) in [6.45, 7) is 26.3. The first kappa shape index (κ1) is 40.4. The highest BCUT2D eigenvalue weighted by Crippen LogP contribution is 2.50. The van der Waals surface area contributed by atoms with Crippen LogP contribution < -0.4 is 19.4 Å². The quantitative estimate of drug-likeness (QED) is 0.146. The van der Waals surface area contributed by atoms with Crippen molar-refractivity contribution in [3.63, 3.8) is 0 Å². The van der Waals surface area contributed by atoms with Gasteiger partial charge in [-0.25, -0.2) is 4.98 Å². The van der Waals surface area contributed by atoms with Gasteiger partial charge in [-0.05, 0) is 94.3 Å². The molecule has 0 N–H and O–H groups in total. The Morgan fingerprint density at radius 3 is 1.72 bits per heavy atom. The Hall–Kier alpha value is -5.81. The first-order valence-electron chi connectivity index (χ1n) is 20.7. The lowest BCUT2D eigenvalue weighted by Crippen LogP contribution is -2.31. The van der Waals surface area contributed by atoms with Crippen molar-refractivity contribution in [3.05, 3.63) is 168 Å². The Kier molecular flexibility index (Phi) is 11.0. The van der Waals surface area contributed by atoms with Crippen LogP contribution in [0.25, 0.3) is 11.1 Å². The standard InChI is InChI=1S/C53H60N4O/c1-37(2)39-29-41(51(3,4)5)33-44(30-39)55-36-56(50(53(9,10)11)49(55)52(6,7)8)45-31-40(38-21-14-12-15-22-38)32-47(35-45)58-46-26-20-25-43(34-46)57(42-23-16-13-17-24-42)48-27-18-19-28-54-48/h12-35,37H,36H2,1-11H3. The average molecular weight is 769 g/mol. The van der Waals surface area contributed by atoms with Crippen LogP contribution >= 0.6 is 0 Å². The molecule has 0 saturated heterocycles. The van der Waals surface area contributed by atoms with Gasteiger partial charge < -0.3 is 14.5 Å². The van der Waals surface area contributed by atoms with E-state index in [4.69, 9.17) is 9.72 Å². The zero-order valence-electron chi connectivity index (χ0n) is 36.3. The van der Waals surface area contributed by atoms with E-state index in [2.05, 4.69) is 200 Å². The molecule has 5 nitrogen and oxygen atoms in total. The van der Waals surface area contributed by atoms with E-state index < -0.39 is 0 Å². The summed E-state index contributed by atoms with van der Waals surface area (Å²) >= 11 is 0. The van der Waals surface area contributed by atoms with E-state index in [-0.39, 0.29) is 16.2 Å². The third kappa shape index (κ3) is 8.69. The lowest BCUT2D eigenvalue weighted by molar-refractivity contribution is 0.444. The van der Waals surface area contributed by atoms with Crippen LogP contribution in [0.4, 0.5) is 28.6 Å². The number of hydrogen-bond acceptors (Lipinski definition) is 5. The monoisotopic (exact) mass is 768 g/mol. The second kappa shape index (κ2) is 15.9. The summed E-state index contributed by atoms with van der Waals surface area (Å²) in [6, 6.07) is 49.2. The molecule has 0 amide bonds. The molecule has 7 rings (SSSR count).